The molecule has 0 atom stereocenters. The summed E-state index contributed by atoms with van der Waals surface area (Å²) in [4.78, 5) is 0. The largest absolute Gasteiger partial charge is 0.490 e. The van der Waals surface area contributed by atoms with Gasteiger partial charge in [-0.1, -0.05) is 52.6 Å². The van der Waals surface area contributed by atoms with Crippen molar-refractivity contribution in [3.05, 3.63) is 56.5 Å². The van der Waals surface area contributed by atoms with Gasteiger partial charge in [-0.05, 0) is 47.2 Å². The van der Waals surface area contributed by atoms with Crippen LogP contribution in [0.1, 0.15) is 18.1 Å². The quantitative estimate of drug-likeness (QED) is 0.291. The van der Waals surface area contributed by atoms with Crippen LogP contribution in [0.4, 0.5) is 0 Å². The molecule has 0 fully saturated rings. The summed E-state index contributed by atoms with van der Waals surface area (Å²) in [5.41, 5.74) is 1.81. The molecule has 11 heteroatoms. The number of hydrogen-bond donors (Lipinski definition) is 1. The zero-order valence-corrected chi connectivity index (χ0v) is 20.2. The van der Waals surface area contributed by atoms with E-state index in [0.717, 1.165) is 28.6 Å². The van der Waals surface area contributed by atoms with Gasteiger partial charge in [-0.25, -0.2) is 4.68 Å². The Labute approximate surface area is 200 Å². The smallest absolute Gasteiger partial charge is 0.209 e. The summed E-state index contributed by atoms with van der Waals surface area (Å²) in [6, 6.07) is 9.08. The monoisotopic (exact) mass is 501 g/mol. The van der Waals surface area contributed by atoms with Crippen molar-refractivity contribution in [2.75, 3.05) is 18.9 Å². The number of aryl methyl sites for hydroxylation is 1. The Morgan fingerprint density at radius 3 is 2.65 bits per heavy atom. The Morgan fingerprint density at radius 1 is 1.10 bits per heavy atom. The van der Waals surface area contributed by atoms with Crippen LogP contribution in [0.5, 0.6) is 11.5 Å². The standard InChI is InChI=1S/C20H22Cl3N5O2S/c1-3-29-18-9-13(11-24-6-7-31-20-25-26-27-28(20)2)8-17(23)19(18)30-12-14-4-5-15(21)10-16(14)22/h4-5,8-10,24H,3,6-7,11-12H2,1-2H3. The fourth-order valence-electron chi connectivity index (χ4n) is 2.71. The van der Waals surface area contributed by atoms with E-state index in [-0.39, 0.29) is 6.61 Å². The van der Waals surface area contributed by atoms with Gasteiger partial charge in [0.1, 0.15) is 6.61 Å². The van der Waals surface area contributed by atoms with Crippen molar-refractivity contribution in [3.63, 3.8) is 0 Å². The van der Waals surface area contributed by atoms with Crippen LogP contribution >= 0.6 is 46.6 Å². The average molecular weight is 503 g/mol. The molecule has 7 nitrogen and oxygen atoms in total. The lowest BCUT2D eigenvalue weighted by molar-refractivity contribution is 0.269. The maximum absolute atomic E-state index is 6.51. The summed E-state index contributed by atoms with van der Waals surface area (Å²) in [5, 5.41) is 17.1. The van der Waals surface area contributed by atoms with E-state index in [4.69, 9.17) is 44.3 Å². The lowest BCUT2D eigenvalue weighted by atomic mass is 10.2. The Kier molecular flexibility index (Phi) is 9.10. The second kappa shape index (κ2) is 11.8. The predicted molar refractivity (Wildman–Crippen MR) is 125 cm³/mol. The van der Waals surface area contributed by atoms with Gasteiger partial charge in [-0.3, -0.25) is 0 Å². The van der Waals surface area contributed by atoms with Crippen LogP contribution in [0.25, 0.3) is 0 Å². The summed E-state index contributed by atoms with van der Waals surface area (Å²) < 4.78 is 13.4. The number of halogens is 3. The van der Waals surface area contributed by atoms with E-state index in [2.05, 4.69) is 20.8 Å². The lowest BCUT2D eigenvalue weighted by Crippen LogP contribution is -2.17. The minimum Gasteiger partial charge on any atom is -0.490 e. The van der Waals surface area contributed by atoms with E-state index >= 15 is 0 Å². The molecule has 0 amide bonds. The fourth-order valence-corrected chi connectivity index (χ4v) is 4.20. The third-order valence-electron chi connectivity index (χ3n) is 4.18. The van der Waals surface area contributed by atoms with Crippen LogP contribution in [0.2, 0.25) is 15.1 Å². The topological polar surface area (TPSA) is 74.1 Å². The van der Waals surface area contributed by atoms with Crippen LogP contribution < -0.4 is 14.8 Å². The molecule has 31 heavy (non-hydrogen) atoms. The highest BCUT2D eigenvalue weighted by atomic mass is 35.5. The molecule has 1 heterocycles. The molecule has 166 valence electrons. The first-order valence-corrected chi connectivity index (χ1v) is 11.7. The van der Waals surface area contributed by atoms with Crippen molar-refractivity contribution in [1.29, 1.82) is 0 Å². The van der Waals surface area contributed by atoms with Crippen LogP contribution in [0, 0.1) is 0 Å². The molecule has 0 unspecified atom stereocenters. The minimum atomic E-state index is 0.252. The van der Waals surface area contributed by atoms with Gasteiger partial charge in [0.2, 0.25) is 5.16 Å². The van der Waals surface area contributed by atoms with Gasteiger partial charge in [0, 0.05) is 41.5 Å². The van der Waals surface area contributed by atoms with E-state index in [1.54, 1.807) is 28.6 Å². The maximum atomic E-state index is 6.51. The van der Waals surface area contributed by atoms with Crippen molar-refractivity contribution in [2.45, 2.75) is 25.2 Å². The predicted octanol–water partition coefficient (Wildman–Crippen LogP) is 5.03. The van der Waals surface area contributed by atoms with Crippen molar-refractivity contribution < 1.29 is 9.47 Å². The van der Waals surface area contributed by atoms with Gasteiger partial charge < -0.3 is 14.8 Å². The Hall–Kier alpha value is -1.71. The van der Waals surface area contributed by atoms with Crippen molar-refractivity contribution >= 4 is 46.6 Å². The lowest BCUT2D eigenvalue weighted by Gasteiger charge is -2.16. The highest BCUT2D eigenvalue weighted by molar-refractivity contribution is 7.99. The van der Waals surface area contributed by atoms with Crippen molar-refractivity contribution in [2.24, 2.45) is 7.05 Å². The van der Waals surface area contributed by atoms with E-state index in [9.17, 15) is 0 Å². The SMILES string of the molecule is CCOc1cc(CNCCSc2nnnn2C)cc(Cl)c1OCc1ccc(Cl)cc1Cl. The number of nitrogens with zero attached hydrogens (tertiary/aromatic N) is 4. The summed E-state index contributed by atoms with van der Waals surface area (Å²) >= 11 is 20.3. The second-order valence-electron chi connectivity index (χ2n) is 6.47. The number of ether oxygens (including phenoxy) is 2. The van der Waals surface area contributed by atoms with Gasteiger partial charge in [0.25, 0.3) is 0 Å². The third-order valence-corrected chi connectivity index (χ3v) is 6.06. The molecule has 0 saturated carbocycles. The molecule has 2 aromatic carbocycles. The van der Waals surface area contributed by atoms with Gasteiger partial charge in [0.15, 0.2) is 11.5 Å². The first-order chi connectivity index (χ1) is 15.0. The summed E-state index contributed by atoms with van der Waals surface area (Å²) in [7, 11) is 1.82. The molecular formula is C20H22Cl3N5O2S. The Balaban J connectivity index is 1.59. The third kappa shape index (κ3) is 6.89. The molecule has 1 N–H and O–H groups in total. The van der Waals surface area contributed by atoms with Gasteiger partial charge in [-0.15, -0.1) is 5.10 Å². The normalized spacial score (nSPS) is 11.0. The number of rotatable bonds is 11. The molecule has 1 aromatic heterocycles. The number of aromatic nitrogens is 4. The average Bonchev–Trinajstić information content (AvgIpc) is 3.13. The van der Waals surface area contributed by atoms with Gasteiger partial charge in [0.05, 0.1) is 11.6 Å². The molecule has 0 saturated heterocycles. The summed E-state index contributed by atoms with van der Waals surface area (Å²) in [6.07, 6.45) is 0. The highest BCUT2D eigenvalue weighted by Gasteiger charge is 2.14. The number of thioether (sulfide) groups is 1. The number of nitrogens with one attached hydrogen (secondary N) is 1. The second-order valence-corrected chi connectivity index (χ2v) is 8.79. The fraction of sp³-hybridized carbons (Fsp3) is 0.350. The Bertz CT molecular complexity index is 1020. The molecular weight excluding hydrogens is 481 g/mol. The summed E-state index contributed by atoms with van der Waals surface area (Å²) in [5.74, 6) is 1.92. The first-order valence-electron chi connectivity index (χ1n) is 9.55. The van der Waals surface area contributed by atoms with Crippen LogP contribution in [0.3, 0.4) is 0 Å². The molecule has 0 bridgehead atoms. The van der Waals surface area contributed by atoms with Gasteiger partial charge in [-0.2, -0.15) is 0 Å². The zero-order chi connectivity index (χ0) is 22.2. The Morgan fingerprint density at radius 2 is 1.94 bits per heavy atom. The number of tetrazole rings is 1. The van der Waals surface area contributed by atoms with Crippen LogP contribution in [-0.4, -0.2) is 39.1 Å². The molecule has 0 aliphatic rings. The maximum Gasteiger partial charge on any atom is 0.209 e. The first kappa shape index (κ1) is 23.9. The molecule has 0 aliphatic carbocycles. The van der Waals surface area contributed by atoms with Crippen LogP contribution in [0.15, 0.2) is 35.5 Å². The molecule has 0 radical (unpaired) electrons. The number of benzene rings is 2. The van der Waals surface area contributed by atoms with Crippen molar-refractivity contribution in [1.82, 2.24) is 25.5 Å². The summed E-state index contributed by atoms with van der Waals surface area (Å²) in [6.45, 7) is 4.08. The van der Waals surface area contributed by atoms with Gasteiger partial charge >= 0.3 is 0 Å². The van der Waals surface area contributed by atoms with E-state index in [1.807, 2.05) is 32.2 Å². The van der Waals surface area contributed by atoms with E-state index < -0.39 is 0 Å². The molecule has 3 rings (SSSR count). The highest BCUT2D eigenvalue weighted by Crippen LogP contribution is 2.37. The molecule has 0 spiro atoms. The minimum absolute atomic E-state index is 0.252. The zero-order valence-electron chi connectivity index (χ0n) is 17.1. The van der Waals surface area contributed by atoms with Crippen molar-refractivity contribution in [3.8, 4) is 11.5 Å². The number of hydrogen-bond acceptors (Lipinski definition) is 7. The van der Waals surface area contributed by atoms with E-state index in [0.29, 0.717) is 39.7 Å². The molecule has 3 aromatic rings. The molecule has 0 aliphatic heterocycles. The van der Waals surface area contributed by atoms with Crippen LogP contribution in [-0.2, 0) is 20.2 Å². The van der Waals surface area contributed by atoms with E-state index in [1.165, 1.54) is 0 Å².